The molecule has 1 aliphatic rings. The van der Waals surface area contributed by atoms with Crippen molar-refractivity contribution in [1.29, 1.82) is 0 Å². The number of nitrogens with zero attached hydrogens (tertiary/aromatic N) is 5. The number of carbonyl (C=O) groups is 1. The van der Waals surface area contributed by atoms with E-state index in [-0.39, 0.29) is 5.91 Å². The van der Waals surface area contributed by atoms with Crippen LogP contribution >= 0.6 is 0 Å². The van der Waals surface area contributed by atoms with Gasteiger partial charge in [0.05, 0.1) is 11.4 Å². The van der Waals surface area contributed by atoms with E-state index in [2.05, 4.69) is 20.6 Å². The maximum Gasteiger partial charge on any atom is 0.253 e. The van der Waals surface area contributed by atoms with Crippen molar-refractivity contribution in [2.45, 2.75) is 25.8 Å². The summed E-state index contributed by atoms with van der Waals surface area (Å²) in [5, 5.41) is 16.0. The van der Waals surface area contributed by atoms with E-state index in [4.69, 9.17) is 0 Å². The summed E-state index contributed by atoms with van der Waals surface area (Å²) in [6.45, 7) is 3.45. The van der Waals surface area contributed by atoms with Gasteiger partial charge in [-0.25, -0.2) is 0 Å². The molecule has 7 nitrogen and oxygen atoms in total. The van der Waals surface area contributed by atoms with Crippen LogP contribution in [0, 0.1) is 6.92 Å². The van der Waals surface area contributed by atoms with Gasteiger partial charge in [-0.1, -0.05) is 18.2 Å². The number of aromatic nitrogens is 4. The standard InChI is InChI=1S/C18H20N6O/c1-13-11-16(17-21-19-12-24(17)22-13)20-15-7-9-23(10-8-15)18(25)14-5-3-2-4-6-14/h2-6,11-12,15,20H,7-10H2,1H3. The Morgan fingerprint density at radius 2 is 1.96 bits per heavy atom. The van der Waals surface area contributed by atoms with Crippen molar-refractivity contribution in [3.63, 3.8) is 0 Å². The van der Waals surface area contributed by atoms with Crippen LogP contribution in [0.4, 0.5) is 5.69 Å². The van der Waals surface area contributed by atoms with Gasteiger partial charge in [0, 0.05) is 24.7 Å². The van der Waals surface area contributed by atoms with Crippen LogP contribution in [-0.2, 0) is 0 Å². The summed E-state index contributed by atoms with van der Waals surface area (Å²) < 4.78 is 1.69. The number of piperidine rings is 1. The molecule has 0 radical (unpaired) electrons. The lowest BCUT2D eigenvalue weighted by Crippen LogP contribution is -2.42. The quantitative estimate of drug-likeness (QED) is 0.793. The minimum atomic E-state index is 0.110. The first-order chi connectivity index (χ1) is 12.2. The second-order valence-electron chi connectivity index (χ2n) is 6.38. The molecule has 0 bridgehead atoms. The van der Waals surface area contributed by atoms with Crippen molar-refractivity contribution < 1.29 is 4.79 Å². The molecule has 4 rings (SSSR count). The summed E-state index contributed by atoms with van der Waals surface area (Å²) in [7, 11) is 0. The van der Waals surface area contributed by atoms with E-state index in [9.17, 15) is 4.79 Å². The minimum absolute atomic E-state index is 0.110. The molecule has 3 heterocycles. The third-order valence-electron chi connectivity index (χ3n) is 4.55. The van der Waals surface area contributed by atoms with Gasteiger partial charge < -0.3 is 10.2 Å². The van der Waals surface area contributed by atoms with Gasteiger partial charge >= 0.3 is 0 Å². The summed E-state index contributed by atoms with van der Waals surface area (Å²) in [5.41, 5.74) is 3.33. The number of likely N-dealkylation sites (tertiary alicyclic amines) is 1. The predicted molar refractivity (Wildman–Crippen MR) is 94.5 cm³/mol. The van der Waals surface area contributed by atoms with Crippen molar-refractivity contribution in [3.05, 3.63) is 54.0 Å². The summed E-state index contributed by atoms with van der Waals surface area (Å²) in [5.74, 6) is 0.110. The van der Waals surface area contributed by atoms with Gasteiger partial charge in [-0.05, 0) is 38.0 Å². The van der Waals surface area contributed by atoms with Crippen LogP contribution in [0.5, 0.6) is 0 Å². The smallest absolute Gasteiger partial charge is 0.253 e. The number of hydrogen-bond acceptors (Lipinski definition) is 5. The van der Waals surface area contributed by atoms with Crippen LogP contribution in [0.2, 0.25) is 0 Å². The Balaban J connectivity index is 1.42. The van der Waals surface area contributed by atoms with Crippen LogP contribution in [0.25, 0.3) is 5.65 Å². The van der Waals surface area contributed by atoms with Crippen LogP contribution in [0.3, 0.4) is 0 Å². The Labute approximate surface area is 145 Å². The third kappa shape index (κ3) is 3.17. The number of benzene rings is 1. The normalized spacial score (nSPS) is 15.5. The van der Waals surface area contributed by atoms with Crippen molar-refractivity contribution >= 4 is 17.2 Å². The lowest BCUT2D eigenvalue weighted by Gasteiger charge is -2.33. The molecule has 1 N–H and O–H groups in total. The number of anilines is 1. The fourth-order valence-corrected chi connectivity index (χ4v) is 3.27. The fraction of sp³-hybridized carbons (Fsp3) is 0.333. The lowest BCUT2D eigenvalue weighted by molar-refractivity contribution is 0.0718. The molecule has 0 unspecified atom stereocenters. The molecular weight excluding hydrogens is 316 g/mol. The van der Waals surface area contributed by atoms with Gasteiger partial charge in [-0.2, -0.15) is 9.61 Å². The molecule has 128 valence electrons. The molecule has 0 saturated carbocycles. The molecule has 2 aromatic heterocycles. The zero-order valence-corrected chi connectivity index (χ0v) is 14.1. The van der Waals surface area contributed by atoms with E-state index < -0.39 is 0 Å². The molecule has 0 aliphatic carbocycles. The van der Waals surface area contributed by atoms with E-state index >= 15 is 0 Å². The average Bonchev–Trinajstić information content (AvgIpc) is 3.11. The highest BCUT2D eigenvalue weighted by Gasteiger charge is 2.24. The summed E-state index contributed by atoms with van der Waals surface area (Å²) in [6, 6.07) is 11.8. The van der Waals surface area contributed by atoms with Crippen LogP contribution in [0.15, 0.2) is 42.7 Å². The first-order valence-corrected chi connectivity index (χ1v) is 8.49. The number of aryl methyl sites for hydroxylation is 1. The molecule has 1 saturated heterocycles. The van der Waals surface area contributed by atoms with Crippen LogP contribution in [-0.4, -0.2) is 49.7 Å². The number of nitrogens with one attached hydrogen (secondary N) is 1. The molecule has 1 fully saturated rings. The van der Waals surface area contributed by atoms with Gasteiger partial charge in [-0.3, -0.25) is 4.79 Å². The molecule has 3 aromatic rings. The summed E-state index contributed by atoms with van der Waals surface area (Å²) in [4.78, 5) is 14.5. The number of hydrogen-bond donors (Lipinski definition) is 1. The molecule has 1 amide bonds. The zero-order chi connectivity index (χ0) is 17.2. The maximum absolute atomic E-state index is 12.5. The number of fused-ring (bicyclic) bond motifs is 1. The second-order valence-corrected chi connectivity index (χ2v) is 6.38. The Morgan fingerprint density at radius 1 is 1.20 bits per heavy atom. The molecule has 0 atom stereocenters. The Morgan fingerprint density at radius 3 is 2.72 bits per heavy atom. The second kappa shape index (κ2) is 6.51. The van der Waals surface area contributed by atoms with Crippen molar-refractivity contribution in [2.24, 2.45) is 0 Å². The van der Waals surface area contributed by atoms with E-state index in [0.29, 0.717) is 6.04 Å². The number of carbonyl (C=O) groups excluding carboxylic acids is 1. The van der Waals surface area contributed by atoms with Crippen molar-refractivity contribution in [2.75, 3.05) is 18.4 Å². The van der Waals surface area contributed by atoms with E-state index in [0.717, 1.165) is 48.5 Å². The lowest BCUT2D eigenvalue weighted by atomic mass is 10.0. The van der Waals surface area contributed by atoms with E-state index in [1.807, 2.05) is 48.2 Å². The van der Waals surface area contributed by atoms with E-state index in [1.165, 1.54) is 0 Å². The summed E-state index contributed by atoms with van der Waals surface area (Å²) in [6.07, 6.45) is 3.41. The first kappa shape index (κ1) is 15.6. The first-order valence-electron chi connectivity index (χ1n) is 8.49. The van der Waals surface area contributed by atoms with Crippen molar-refractivity contribution in [1.82, 2.24) is 24.7 Å². The SMILES string of the molecule is Cc1cc(NC2CCN(C(=O)c3ccccc3)CC2)c2nncn2n1. The molecule has 1 aromatic carbocycles. The fourth-order valence-electron chi connectivity index (χ4n) is 3.27. The Hall–Kier alpha value is -2.96. The third-order valence-corrected chi connectivity index (χ3v) is 4.55. The molecule has 0 spiro atoms. The van der Waals surface area contributed by atoms with Gasteiger partial charge in [-0.15, -0.1) is 10.2 Å². The average molecular weight is 336 g/mol. The highest BCUT2D eigenvalue weighted by Crippen LogP contribution is 2.21. The van der Waals surface area contributed by atoms with Crippen LogP contribution in [0.1, 0.15) is 28.9 Å². The summed E-state index contributed by atoms with van der Waals surface area (Å²) >= 11 is 0. The zero-order valence-electron chi connectivity index (χ0n) is 14.1. The van der Waals surface area contributed by atoms with E-state index in [1.54, 1.807) is 10.8 Å². The largest absolute Gasteiger partial charge is 0.379 e. The molecule has 25 heavy (non-hydrogen) atoms. The number of amides is 1. The molecular formula is C18H20N6O. The molecule has 7 heteroatoms. The van der Waals surface area contributed by atoms with Gasteiger partial charge in [0.25, 0.3) is 5.91 Å². The monoisotopic (exact) mass is 336 g/mol. The highest BCUT2D eigenvalue weighted by molar-refractivity contribution is 5.94. The van der Waals surface area contributed by atoms with Gasteiger partial charge in [0.2, 0.25) is 5.65 Å². The minimum Gasteiger partial charge on any atom is -0.379 e. The maximum atomic E-state index is 12.5. The topological polar surface area (TPSA) is 75.4 Å². The van der Waals surface area contributed by atoms with Crippen LogP contribution < -0.4 is 5.32 Å². The Bertz CT molecular complexity index is 883. The number of rotatable bonds is 3. The molecule has 1 aliphatic heterocycles. The highest BCUT2D eigenvalue weighted by atomic mass is 16.2. The van der Waals surface area contributed by atoms with Gasteiger partial charge in [0.1, 0.15) is 6.33 Å². The predicted octanol–water partition coefficient (Wildman–Crippen LogP) is 2.15. The van der Waals surface area contributed by atoms with Gasteiger partial charge in [0.15, 0.2) is 0 Å². The Kier molecular flexibility index (Phi) is 4.05. The van der Waals surface area contributed by atoms with Crippen molar-refractivity contribution in [3.8, 4) is 0 Å².